The van der Waals surface area contributed by atoms with Crippen LogP contribution < -0.4 is 16.8 Å². The molecule has 2 aromatic heterocycles. The van der Waals surface area contributed by atoms with Crippen molar-refractivity contribution >= 4 is 28.7 Å². The van der Waals surface area contributed by atoms with Gasteiger partial charge >= 0.3 is 6.03 Å². The first-order valence-electron chi connectivity index (χ1n) is 6.21. The van der Waals surface area contributed by atoms with Crippen LogP contribution in [0.1, 0.15) is 10.4 Å². The minimum Gasteiger partial charge on any atom is -0.367 e. The number of hydrogen-bond acceptors (Lipinski definition) is 2. The lowest BCUT2D eigenvalue weighted by Crippen LogP contribution is -2.22. The van der Waals surface area contributed by atoms with Crippen LogP contribution >= 0.6 is 0 Å². The van der Waals surface area contributed by atoms with Gasteiger partial charge in [0, 0.05) is 23.3 Å². The first-order valence-corrected chi connectivity index (χ1v) is 6.21. The van der Waals surface area contributed by atoms with Crippen LogP contribution in [0.25, 0.3) is 22.0 Å². The van der Waals surface area contributed by atoms with Crippen molar-refractivity contribution in [2.45, 2.75) is 0 Å². The Hall–Kier alpha value is -3.22. The molecule has 0 saturated carbocycles. The minimum atomic E-state index is -0.769. The highest BCUT2D eigenvalue weighted by Gasteiger charge is 2.17. The van der Waals surface area contributed by atoms with Crippen molar-refractivity contribution in [1.29, 1.82) is 0 Å². The highest BCUT2D eigenvalue weighted by atomic mass is 16.2. The summed E-state index contributed by atoms with van der Waals surface area (Å²) in [5, 5.41) is 3.00. The topological polar surface area (TPSA) is 130 Å². The maximum absolute atomic E-state index is 11.6. The summed E-state index contributed by atoms with van der Waals surface area (Å²) in [5.74, 6) is -0.435. The number of nitrogens with two attached hydrogens (primary N) is 2. The maximum atomic E-state index is 11.6. The molecule has 7 N–H and O–H groups in total. The molecule has 0 aliphatic heterocycles. The molecule has 0 unspecified atom stereocenters. The number of carbonyl (C=O) groups is 2. The van der Waals surface area contributed by atoms with E-state index in [4.69, 9.17) is 11.5 Å². The van der Waals surface area contributed by atoms with Crippen molar-refractivity contribution in [3.63, 3.8) is 0 Å². The average Bonchev–Trinajstić information content (AvgIpc) is 3.03. The van der Waals surface area contributed by atoms with E-state index in [2.05, 4.69) is 15.3 Å². The van der Waals surface area contributed by atoms with Gasteiger partial charge in [-0.1, -0.05) is 12.1 Å². The summed E-state index contributed by atoms with van der Waals surface area (Å²) in [6.45, 7) is 0. The molecule has 0 atom stereocenters. The Morgan fingerprint density at radius 1 is 1.10 bits per heavy atom. The Kier molecular flexibility index (Phi) is 2.87. The van der Waals surface area contributed by atoms with Gasteiger partial charge in [-0.3, -0.25) is 10.1 Å². The lowest BCUT2D eigenvalue weighted by Gasteiger charge is -2.00. The van der Waals surface area contributed by atoms with Crippen LogP contribution in [0, 0.1) is 0 Å². The van der Waals surface area contributed by atoms with Crippen LogP contribution in [0.15, 0.2) is 36.7 Å². The van der Waals surface area contributed by atoms with Gasteiger partial charge in [0.2, 0.25) is 0 Å². The Morgan fingerprint density at radius 3 is 2.52 bits per heavy atom. The van der Waals surface area contributed by atoms with Crippen LogP contribution in [0.4, 0.5) is 10.6 Å². The molecule has 0 radical (unpaired) electrons. The highest BCUT2D eigenvalue weighted by molar-refractivity contribution is 6.13. The van der Waals surface area contributed by atoms with E-state index >= 15 is 0 Å². The fourth-order valence-corrected chi connectivity index (χ4v) is 2.35. The Bertz CT molecular complexity index is 833. The quantitative estimate of drug-likeness (QED) is 0.501. The molecule has 3 rings (SSSR count). The number of carbonyl (C=O) groups excluding carboxylic acids is 2. The molecule has 0 bridgehead atoms. The van der Waals surface area contributed by atoms with E-state index in [1.54, 1.807) is 6.07 Å². The second kappa shape index (κ2) is 4.71. The van der Waals surface area contributed by atoms with Gasteiger partial charge in [-0.05, 0) is 23.3 Å². The van der Waals surface area contributed by atoms with Gasteiger partial charge in [-0.25, -0.2) is 4.79 Å². The van der Waals surface area contributed by atoms with Crippen LogP contribution in [-0.4, -0.2) is 21.9 Å². The molecule has 21 heavy (non-hydrogen) atoms. The second-order valence-corrected chi connectivity index (χ2v) is 4.59. The van der Waals surface area contributed by atoms with Crippen molar-refractivity contribution < 1.29 is 9.59 Å². The standard InChI is InChI=1S/C14H13N5O2/c15-12(20)11-9-2-1-7(8-3-4-17-6-8)5-10(9)18-13(11)19-14(16)21/h1-6,17-18H,(H2,15,20)(H3,16,19,21). The largest absolute Gasteiger partial charge is 0.367 e. The number of anilines is 1. The molecule has 0 aliphatic rings. The summed E-state index contributed by atoms with van der Waals surface area (Å²) in [7, 11) is 0. The zero-order valence-electron chi connectivity index (χ0n) is 10.9. The van der Waals surface area contributed by atoms with Crippen LogP contribution in [0.3, 0.4) is 0 Å². The lowest BCUT2D eigenvalue weighted by atomic mass is 10.1. The van der Waals surface area contributed by atoms with Gasteiger partial charge in [0.25, 0.3) is 5.91 Å². The van der Waals surface area contributed by atoms with Crippen molar-refractivity contribution in [2.24, 2.45) is 11.5 Å². The molecule has 0 aliphatic carbocycles. The van der Waals surface area contributed by atoms with Gasteiger partial charge in [-0.15, -0.1) is 0 Å². The number of rotatable bonds is 3. The minimum absolute atomic E-state index is 0.205. The normalized spacial score (nSPS) is 10.7. The van der Waals surface area contributed by atoms with E-state index in [1.165, 1.54) is 0 Å². The molecular formula is C14H13N5O2. The predicted molar refractivity (Wildman–Crippen MR) is 79.8 cm³/mol. The maximum Gasteiger partial charge on any atom is 0.317 e. The molecule has 0 saturated heterocycles. The summed E-state index contributed by atoms with van der Waals surface area (Å²) in [5.41, 5.74) is 13.3. The van der Waals surface area contributed by atoms with Crippen LogP contribution in [0.5, 0.6) is 0 Å². The molecule has 7 heteroatoms. The van der Waals surface area contributed by atoms with Crippen LogP contribution in [0.2, 0.25) is 0 Å². The van der Waals surface area contributed by atoms with Crippen molar-refractivity contribution in [3.8, 4) is 11.1 Å². The Morgan fingerprint density at radius 2 is 1.90 bits per heavy atom. The highest BCUT2D eigenvalue weighted by Crippen LogP contribution is 2.30. The molecule has 3 amide bonds. The van der Waals surface area contributed by atoms with Gasteiger partial charge in [0.15, 0.2) is 0 Å². The lowest BCUT2D eigenvalue weighted by molar-refractivity contribution is 0.100. The number of primary amides is 2. The smallest absolute Gasteiger partial charge is 0.317 e. The van der Waals surface area contributed by atoms with E-state index in [9.17, 15) is 9.59 Å². The van der Waals surface area contributed by atoms with E-state index in [-0.39, 0.29) is 11.4 Å². The summed E-state index contributed by atoms with van der Waals surface area (Å²) < 4.78 is 0. The number of aromatic amines is 2. The number of H-pyrrole nitrogens is 2. The number of nitrogens with one attached hydrogen (secondary N) is 3. The zero-order valence-corrected chi connectivity index (χ0v) is 10.9. The fraction of sp³-hybridized carbons (Fsp3) is 0. The third-order valence-electron chi connectivity index (χ3n) is 3.22. The summed E-state index contributed by atoms with van der Waals surface area (Å²) in [6.07, 6.45) is 3.69. The molecule has 0 spiro atoms. The van der Waals surface area contributed by atoms with E-state index in [1.807, 2.05) is 30.6 Å². The first kappa shape index (κ1) is 12.8. The van der Waals surface area contributed by atoms with Gasteiger partial charge in [0.05, 0.1) is 5.56 Å². The van der Waals surface area contributed by atoms with Gasteiger partial charge in [0.1, 0.15) is 5.82 Å². The van der Waals surface area contributed by atoms with Crippen molar-refractivity contribution in [2.75, 3.05) is 5.32 Å². The molecule has 3 aromatic rings. The monoisotopic (exact) mass is 283 g/mol. The van der Waals surface area contributed by atoms with E-state index in [0.29, 0.717) is 10.9 Å². The SMILES string of the molecule is NC(=O)Nc1[nH]c2cc(-c3cc[nH]c3)ccc2c1C(N)=O. The van der Waals surface area contributed by atoms with Gasteiger partial charge in [-0.2, -0.15) is 0 Å². The molecule has 7 nitrogen and oxygen atoms in total. The van der Waals surface area contributed by atoms with Crippen LogP contribution in [-0.2, 0) is 0 Å². The molecular weight excluding hydrogens is 270 g/mol. The second-order valence-electron chi connectivity index (χ2n) is 4.59. The fourth-order valence-electron chi connectivity index (χ4n) is 2.35. The number of benzene rings is 1. The summed E-state index contributed by atoms with van der Waals surface area (Å²) >= 11 is 0. The average molecular weight is 283 g/mol. The van der Waals surface area contributed by atoms with Crippen molar-refractivity contribution in [1.82, 2.24) is 9.97 Å². The predicted octanol–water partition coefficient (Wildman–Crippen LogP) is 1.75. The Labute approximate surface area is 119 Å². The first-order chi connectivity index (χ1) is 10.1. The van der Waals surface area contributed by atoms with Crippen molar-refractivity contribution in [3.05, 3.63) is 42.2 Å². The molecule has 106 valence electrons. The van der Waals surface area contributed by atoms with E-state index in [0.717, 1.165) is 11.1 Å². The molecule has 0 fully saturated rings. The van der Waals surface area contributed by atoms with E-state index < -0.39 is 11.9 Å². The number of amides is 3. The number of fused-ring (bicyclic) bond motifs is 1. The molecule has 2 heterocycles. The number of hydrogen-bond donors (Lipinski definition) is 5. The van der Waals surface area contributed by atoms with Gasteiger partial charge < -0.3 is 21.4 Å². The third kappa shape index (κ3) is 2.20. The number of urea groups is 1. The zero-order chi connectivity index (χ0) is 15.0. The summed E-state index contributed by atoms with van der Waals surface area (Å²) in [6, 6.07) is 6.69. The summed E-state index contributed by atoms with van der Waals surface area (Å²) in [4.78, 5) is 28.5. The third-order valence-corrected chi connectivity index (χ3v) is 3.22. The Balaban J connectivity index is 2.18. The number of aromatic nitrogens is 2. The molecule has 1 aromatic carbocycles.